The van der Waals surface area contributed by atoms with E-state index < -0.39 is 5.97 Å². The Labute approximate surface area is 112 Å². The van der Waals surface area contributed by atoms with Gasteiger partial charge >= 0.3 is 5.97 Å². The average Bonchev–Trinajstić information content (AvgIpc) is 2.26. The molecule has 2 rings (SSSR count). The van der Waals surface area contributed by atoms with Crippen LogP contribution in [0.2, 0.25) is 5.15 Å². The molecular formula is C13H17ClN2O2. The number of anilines is 1. The van der Waals surface area contributed by atoms with Crippen molar-refractivity contribution >= 4 is 23.4 Å². The predicted octanol–water partition coefficient (Wildman–Crippen LogP) is 2.92. The fourth-order valence-electron chi connectivity index (χ4n) is 2.62. The maximum atomic E-state index is 11.0. The second-order valence-corrected chi connectivity index (χ2v) is 5.58. The van der Waals surface area contributed by atoms with E-state index in [1.807, 2.05) is 0 Å². The van der Waals surface area contributed by atoms with Crippen LogP contribution in [-0.4, -0.2) is 29.1 Å². The molecule has 1 aliphatic rings. The summed E-state index contributed by atoms with van der Waals surface area (Å²) in [6.45, 7) is 6.20. The third kappa shape index (κ3) is 2.93. The summed E-state index contributed by atoms with van der Waals surface area (Å²) in [5, 5.41) is 9.26. The fourth-order valence-corrected chi connectivity index (χ4v) is 2.82. The molecule has 2 heterocycles. The zero-order chi connectivity index (χ0) is 13.3. The van der Waals surface area contributed by atoms with Crippen molar-refractivity contribution in [3.05, 3.63) is 22.8 Å². The third-order valence-electron chi connectivity index (χ3n) is 3.22. The largest absolute Gasteiger partial charge is 0.478 e. The van der Waals surface area contributed by atoms with Gasteiger partial charge in [-0.05, 0) is 30.4 Å². The van der Waals surface area contributed by atoms with Gasteiger partial charge in [-0.1, -0.05) is 25.4 Å². The maximum Gasteiger partial charge on any atom is 0.335 e. The maximum absolute atomic E-state index is 11.0. The van der Waals surface area contributed by atoms with Gasteiger partial charge in [-0.15, -0.1) is 0 Å². The summed E-state index contributed by atoms with van der Waals surface area (Å²) >= 11 is 5.88. The van der Waals surface area contributed by atoms with Gasteiger partial charge in [-0.3, -0.25) is 0 Å². The van der Waals surface area contributed by atoms with Crippen molar-refractivity contribution in [2.75, 3.05) is 18.0 Å². The molecule has 2 atom stereocenters. The average molecular weight is 269 g/mol. The summed E-state index contributed by atoms with van der Waals surface area (Å²) < 4.78 is 0. The van der Waals surface area contributed by atoms with Gasteiger partial charge < -0.3 is 10.0 Å². The number of carboxylic acids is 1. The number of aromatic carboxylic acids is 1. The molecular weight excluding hydrogens is 252 g/mol. The molecule has 4 nitrogen and oxygen atoms in total. The van der Waals surface area contributed by atoms with Crippen LogP contribution in [0.15, 0.2) is 12.1 Å². The van der Waals surface area contributed by atoms with Gasteiger partial charge in [-0.25, -0.2) is 9.78 Å². The van der Waals surface area contributed by atoms with Crippen molar-refractivity contribution in [3.63, 3.8) is 0 Å². The van der Waals surface area contributed by atoms with Crippen molar-refractivity contribution < 1.29 is 9.90 Å². The monoisotopic (exact) mass is 268 g/mol. The molecule has 1 saturated heterocycles. The first-order chi connectivity index (χ1) is 8.45. The lowest BCUT2D eigenvalue weighted by molar-refractivity contribution is 0.0697. The van der Waals surface area contributed by atoms with Gasteiger partial charge in [0, 0.05) is 13.1 Å². The number of piperidine rings is 1. The smallest absolute Gasteiger partial charge is 0.335 e. The number of hydrogen-bond acceptors (Lipinski definition) is 3. The number of hydrogen-bond donors (Lipinski definition) is 1. The van der Waals surface area contributed by atoms with E-state index >= 15 is 0 Å². The molecule has 18 heavy (non-hydrogen) atoms. The van der Waals surface area contributed by atoms with Gasteiger partial charge in [0.05, 0.1) is 5.56 Å². The number of carboxylic acid groups (broad SMARTS) is 1. The highest BCUT2D eigenvalue weighted by Gasteiger charge is 2.23. The standard InChI is InChI=1S/C13H17ClN2O2/c1-8-3-9(2)7-16(6-8)12-5-10(13(17)18)4-11(14)15-12/h4-5,8-9H,3,6-7H2,1-2H3,(H,17,18). The van der Waals surface area contributed by atoms with E-state index in [-0.39, 0.29) is 10.7 Å². The highest BCUT2D eigenvalue weighted by molar-refractivity contribution is 6.29. The number of halogens is 1. The molecule has 98 valence electrons. The molecule has 0 aliphatic carbocycles. The Kier molecular flexibility index (Phi) is 3.76. The van der Waals surface area contributed by atoms with Crippen molar-refractivity contribution in [2.45, 2.75) is 20.3 Å². The molecule has 0 amide bonds. The number of rotatable bonds is 2. The Bertz CT molecular complexity index is 454. The van der Waals surface area contributed by atoms with Gasteiger partial charge in [0.1, 0.15) is 11.0 Å². The zero-order valence-corrected chi connectivity index (χ0v) is 11.3. The molecule has 1 N–H and O–H groups in total. The predicted molar refractivity (Wildman–Crippen MR) is 71.4 cm³/mol. The fraction of sp³-hybridized carbons (Fsp3) is 0.538. The van der Waals surface area contributed by atoms with Gasteiger partial charge in [0.25, 0.3) is 0 Å². The lowest BCUT2D eigenvalue weighted by atomic mass is 9.92. The van der Waals surface area contributed by atoms with E-state index in [0.717, 1.165) is 13.1 Å². The molecule has 0 aromatic carbocycles. The minimum Gasteiger partial charge on any atom is -0.478 e. The molecule has 1 aliphatic heterocycles. The van der Waals surface area contributed by atoms with Crippen LogP contribution >= 0.6 is 11.6 Å². The summed E-state index contributed by atoms with van der Waals surface area (Å²) in [6.07, 6.45) is 1.20. The lowest BCUT2D eigenvalue weighted by Crippen LogP contribution is -2.39. The first kappa shape index (κ1) is 13.1. The minimum absolute atomic E-state index is 0.191. The van der Waals surface area contributed by atoms with E-state index in [9.17, 15) is 4.79 Å². The third-order valence-corrected chi connectivity index (χ3v) is 3.41. The number of nitrogens with zero attached hydrogens (tertiary/aromatic N) is 2. The molecule has 0 spiro atoms. The summed E-state index contributed by atoms with van der Waals surface area (Å²) in [5.74, 6) is 0.863. The van der Waals surface area contributed by atoms with Crippen LogP contribution in [0.1, 0.15) is 30.6 Å². The van der Waals surface area contributed by atoms with E-state index in [4.69, 9.17) is 16.7 Å². The van der Waals surface area contributed by atoms with Gasteiger partial charge in [-0.2, -0.15) is 0 Å². The van der Waals surface area contributed by atoms with Crippen LogP contribution in [0, 0.1) is 11.8 Å². The topological polar surface area (TPSA) is 53.4 Å². The van der Waals surface area contributed by atoms with Crippen molar-refractivity contribution in [3.8, 4) is 0 Å². The first-order valence-corrected chi connectivity index (χ1v) is 6.49. The van der Waals surface area contributed by atoms with E-state index in [1.165, 1.54) is 12.5 Å². The molecule has 1 fully saturated rings. The Morgan fingerprint density at radius 2 is 2.00 bits per heavy atom. The summed E-state index contributed by atoms with van der Waals surface area (Å²) in [5.41, 5.74) is 0.191. The summed E-state index contributed by atoms with van der Waals surface area (Å²) in [4.78, 5) is 17.4. The van der Waals surface area contributed by atoms with Crippen molar-refractivity contribution in [1.29, 1.82) is 0 Å². The van der Waals surface area contributed by atoms with E-state index in [0.29, 0.717) is 17.7 Å². The van der Waals surface area contributed by atoms with Crippen molar-refractivity contribution in [2.24, 2.45) is 11.8 Å². The lowest BCUT2D eigenvalue weighted by Gasteiger charge is -2.35. The van der Waals surface area contributed by atoms with Gasteiger partial charge in [0.2, 0.25) is 0 Å². The normalized spacial score (nSPS) is 24.1. The SMILES string of the molecule is CC1CC(C)CN(c2cc(C(=O)O)cc(Cl)n2)C1. The van der Waals surface area contributed by atoms with E-state index in [1.54, 1.807) is 6.07 Å². The second kappa shape index (κ2) is 5.14. The molecule has 0 bridgehead atoms. The van der Waals surface area contributed by atoms with E-state index in [2.05, 4.69) is 23.7 Å². The number of pyridine rings is 1. The molecule has 0 saturated carbocycles. The van der Waals surface area contributed by atoms with Crippen LogP contribution in [0.3, 0.4) is 0 Å². The van der Waals surface area contributed by atoms with Crippen LogP contribution in [0.25, 0.3) is 0 Å². The number of aromatic nitrogens is 1. The molecule has 5 heteroatoms. The molecule has 1 aromatic rings. The quantitative estimate of drug-likeness (QED) is 0.838. The Balaban J connectivity index is 2.29. The Hall–Kier alpha value is -1.29. The molecule has 0 radical (unpaired) electrons. The number of carbonyl (C=O) groups is 1. The molecule has 1 aromatic heterocycles. The highest BCUT2D eigenvalue weighted by atomic mass is 35.5. The second-order valence-electron chi connectivity index (χ2n) is 5.19. The van der Waals surface area contributed by atoms with Gasteiger partial charge in [0.15, 0.2) is 0 Å². The van der Waals surface area contributed by atoms with Crippen LogP contribution < -0.4 is 4.90 Å². The first-order valence-electron chi connectivity index (χ1n) is 6.11. The van der Waals surface area contributed by atoms with Crippen molar-refractivity contribution in [1.82, 2.24) is 4.98 Å². The Morgan fingerprint density at radius 3 is 2.56 bits per heavy atom. The van der Waals surface area contributed by atoms with Crippen LogP contribution in [0.5, 0.6) is 0 Å². The zero-order valence-electron chi connectivity index (χ0n) is 10.6. The molecule has 2 unspecified atom stereocenters. The Morgan fingerprint density at radius 1 is 1.39 bits per heavy atom. The minimum atomic E-state index is -0.973. The highest BCUT2D eigenvalue weighted by Crippen LogP contribution is 2.26. The van der Waals surface area contributed by atoms with Crippen LogP contribution in [0.4, 0.5) is 5.82 Å². The summed E-state index contributed by atoms with van der Waals surface area (Å²) in [7, 11) is 0. The summed E-state index contributed by atoms with van der Waals surface area (Å²) in [6, 6.07) is 2.98. The van der Waals surface area contributed by atoms with Crippen LogP contribution in [-0.2, 0) is 0 Å².